The largest absolute Gasteiger partial charge is 0.481 e. The van der Waals surface area contributed by atoms with E-state index >= 15 is 0 Å². The molecule has 0 amide bonds. The Hall–Kier alpha value is -1.77. The molecular formula is C14H14O3. The second-order valence-corrected chi connectivity index (χ2v) is 4.95. The van der Waals surface area contributed by atoms with Crippen LogP contribution in [0.25, 0.3) is 11.0 Å². The lowest BCUT2D eigenvalue weighted by molar-refractivity contribution is -0.137. The Balaban J connectivity index is 2.15. The minimum Gasteiger partial charge on any atom is -0.481 e. The highest BCUT2D eigenvalue weighted by atomic mass is 16.4. The highest BCUT2D eigenvalue weighted by Gasteiger charge is 2.47. The summed E-state index contributed by atoms with van der Waals surface area (Å²) in [6.07, 6.45) is 3.83. The first-order valence-electron chi connectivity index (χ1n) is 5.81. The molecule has 0 bridgehead atoms. The number of carbonyl (C=O) groups is 1. The number of fused-ring (bicyclic) bond motifs is 1. The third-order valence-electron chi connectivity index (χ3n) is 3.71. The Morgan fingerprint density at radius 1 is 1.47 bits per heavy atom. The summed E-state index contributed by atoms with van der Waals surface area (Å²) < 4.78 is 5.59. The van der Waals surface area contributed by atoms with Crippen molar-refractivity contribution in [2.45, 2.75) is 31.6 Å². The molecule has 1 heterocycles. The maximum absolute atomic E-state index is 10.9. The van der Waals surface area contributed by atoms with Crippen molar-refractivity contribution in [1.82, 2.24) is 0 Å². The second-order valence-electron chi connectivity index (χ2n) is 4.95. The van der Waals surface area contributed by atoms with Crippen molar-refractivity contribution in [3.05, 3.63) is 35.6 Å². The number of hydrogen-bond donors (Lipinski definition) is 1. The predicted octanol–water partition coefficient (Wildman–Crippen LogP) is 3.25. The van der Waals surface area contributed by atoms with Gasteiger partial charge in [0.05, 0.1) is 12.7 Å². The van der Waals surface area contributed by atoms with Crippen LogP contribution in [0.5, 0.6) is 0 Å². The van der Waals surface area contributed by atoms with Crippen molar-refractivity contribution in [3.8, 4) is 0 Å². The second kappa shape index (κ2) is 3.36. The van der Waals surface area contributed by atoms with Crippen LogP contribution >= 0.6 is 0 Å². The molecule has 1 N–H and O–H groups in total. The van der Waals surface area contributed by atoms with E-state index in [4.69, 9.17) is 9.52 Å². The van der Waals surface area contributed by atoms with Gasteiger partial charge >= 0.3 is 5.97 Å². The number of furan rings is 1. The van der Waals surface area contributed by atoms with E-state index in [1.165, 1.54) is 0 Å². The number of hydrogen-bond acceptors (Lipinski definition) is 2. The van der Waals surface area contributed by atoms with Crippen LogP contribution in [0.3, 0.4) is 0 Å². The van der Waals surface area contributed by atoms with Gasteiger partial charge < -0.3 is 9.52 Å². The Labute approximate surface area is 99.0 Å². The molecule has 0 aliphatic heterocycles. The smallest absolute Gasteiger partial charge is 0.304 e. The van der Waals surface area contributed by atoms with Gasteiger partial charge in [0.15, 0.2) is 0 Å². The molecule has 88 valence electrons. The van der Waals surface area contributed by atoms with E-state index in [0.29, 0.717) is 0 Å². The van der Waals surface area contributed by atoms with Gasteiger partial charge in [-0.3, -0.25) is 4.79 Å². The first-order valence-corrected chi connectivity index (χ1v) is 5.81. The average Bonchev–Trinajstić information content (AvgIpc) is 2.96. The molecule has 0 saturated heterocycles. The van der Waals surface area contributed by atoms with Crippen LogP contribution in [0.4, 0.5) is 0 Å². The summed E-state index contributed by atoms with van der Waals surface area (Å²) in [5.74, 6) is -0.734. The van der Waals surface area contributed by atoms with Crippen LogP contribution < -0.4 is 0 Å². The number of rotatable bonds is 3. The van der Waals surface area contributed by atoms with E-state index < -0.39 is 5.97 Å². The van der Waals surface area contributed by atoms with E-state index in [0.717, 1.165) is 34.9 Å². The third kappa shape index (κ3) is 1.54. The number of aryl methyl sites for hydroxylation is 1. The number of benzene rings is 1. The minimum atomic E-state index is -0.734. The Morgan fingerprint density at radius 2 is 2.24 bits per heavy atom. The monoisotopic (exact) mass is 230 g/mol. The lowest BCUT2D eigenvalue weighted by atomic mass is 9.91. The molecule has 3 rings (SSSR count). The SMILES string of the molecule is Cc1coc2c(C3(CC(=O)O)CC3)cccc12. The van der Waals surface area contributed by atoms with Crippen molar-refractivity contribution >= 4 is 16.9 Å². The molecule has 2 aromatic rings. The van der Waals surface area contributed by atoms with Gasteiger partial charge in [-0.25, -0.2) is 0 Å². The first-order chi connectivity index (χ1) is 8.12. The van der Waals surface area contributed by atoms with Crippen molar-refractivity contribution in [2.75, 3.05) is 0 Å². The molecule has 0 atom stereocenters. The summed E-state index contributed by atoms with van der Waals surface area (Å²) in [5, 5.41) is 10.1. The predicted molar refractivity (Wildman–Crippen MR) is 64.1 cm³/mol. The van der Waals surface area contributed by atoms with Crippen molar-refractivity contribution in [1.29, 1.82) is 0 Å². The first kappa shape index (κ1) is 10.4. The van der Waals surface area contributed by atoms with Gasteiger partial charge in [0.25, 0.3) is 0 Å². The van der Waals surface area contributed by atoms with E-state index in [9.17, 15) is 4.79 Å². The lowest BCUT2D eigenvalue weighted by Crippen LogP contribution is -2.13. The highest BCUT2D eigenvalue weighted by Crippen LogP contribution is 2.53. The van der Waals surface area contributed by atoms with Crippen LogP contribution in [-0.4, -0.2) is 11.1 Å². The molecule has 1 aliphatic carbocycles. The van der Waals surface area contributed by atoms with Crippen LogP contribution in [0.2, 0.25) is 0 Å². The molecular weight excluding hydrogens is 216 g/mol. The molecule has 17 heavy (non-hydrogen) atoms. The summed E-state index contributed by atoms with van der Waals surface area (Å²) in [6.45, 7) is 2.01. The van der Waals surface area contributed by atoms with Crippen molar-refractivity contribution < 1.29 is 14.3 Å². The minimum absolute atomic E-state index is 0.185. The van der Waals surface area contributed by atoms with Crippen LogP contribution in [0, 0.1) is 6.92 Å². The summed E-state index contributed by atoms with van der Waals surface area (Å²) >= 11 is 0. The van der Waals surface area contributed by atoms with E-state index in [-0.39, 0.29) is 11.8 Å². The molecule has 1 saturated carbocycles. The summed E-state index contributed by atoms with van der Waals surface area (Å²) in [7, 11) is 0. The molecule has 0 radical (unpaired) electrons. The molecule has 0 unspecified atom stereocenters. The van der Waals surface area contributed by atoms with Gasteiger partial charge in [-0.2, -0.15) is 0 Å². The third-order valence-corrected chi connectivity index (χ3v) is 3.71. The maximum Gasteiger partial charge on any atom is 0.304 e. The van der Waals surface area contributed by atoms with Gasteiger partial charge in [-0.15, -0.1) is 0 Å². The zero-order valence-electron chi connectivity index (χ0n) is 9.69. The van der Waals surface area contributed by atoms with E-state index in [1.54, 1.807) is 6.26 Å². The van der Waals surface area contributed by atoms with Crippen LogP contribution in [0.15, 0.2) is 28.9 Å². The number of aliphatic carboxylic acids is 1. The van der Waals surface area contributed by atoms with Gasteiger partial charge in [-0.1, -0.05) is 18.2 Å². The topological polar surface area (TPSA) is 50.4 Å². The molecule has 1 aromatic carbocycles. The quantitative estimate of drug-likeness (QED) is 0.880. The fraction of sp³-hybridized carbons (Fsp3) is 0.357. The van der Waals surface area contributed by atoms with Crippen molar-refractivity contribution in [2.24, 2.45) is 0 Å². The fourth-order valence-corrected chi connectivity index (χ4v) is 2.58. The zero-order valence-corrected chi connectivity index (χ0v) is 9.69. The van der Waals surface area contributed by atoms with E-state index in [2.05, 4.69) is 0 Å². The standard InChI is InChI=1S/C14H14O3/c1-9-8-17-13-10(9)3-2-4-11(13)14(5-6-14)7-12(15)16/h2-4,8H,5-7H2,1H3,(H,15,16). The number of para-hydroxylation sites is 1. The Morgan fingerprint density at radius 3 is 2.88 bits per heavy atom. The van der Waals surface area contributed by atoms with Gasteiger partial charge in [0, 0.05) is 16.4 Å². The summed E-state index contributed by atoms with van der Waals surface area (Å²) in [5.41, 5.74) is 2.84. The van der Waals surface area contributed by atoms with E-state index in [1.807, 2.05) is 25.1 Å². The maximum atomic E-state index is 10.9. The van der Waals surface area contributed by atoms with Gasteiger partial charge in [0.2, 0.25) is 0 Å². The zero-order chi connectivity index (χ0) is 12.0. The number of carboxylic acid groups (broad SMARTS) is 1. The average molecular weight is 230 g/mol. The molecule has 3 nitrogen and oxygen atoms in total. The molecule has 1 aliphatic rings. The lowest BCUT2D eigenvalue weighted by Gasteiger charge is -2.13. The van der Waals surface area contributed by atoms with Gasteiger partial charge in [-0.05, 0) is 25.3 Å². The van der Waals surface area contributed by atoms with Crippen LogP contribution in [0.1, 0.15) is 30.4 Å². The molecule has 0 spiro atoms. The van der Waals surface area contributed by atoms with Crippen molar-refractivity contribution in [3.63, 3.8) is 0 Å². The Bertz CT molecular complexity index is 591. The molecule has 3 heteroatoms. The Kier molecular flexibility index (Phi) is 2.05. The summed E-state index contributed by atoms with van der Waals surface area (Å²) in [6, 6.07) is 6.01. The normalized spacial score (nSPS) is 17.2. The highest BCUT2D eigenvalue weighted by molar-refractivity contribution is 5.86. The van der Waals surface area contributed by atoms with Crippen LogP contribution in [-0.2, 0) is 10.2 Å². The summed E-state index contributed by atoms with van der Waals surface area (Å²) in [4.78, 5) is 10.9. The van der Waals surface area contributed by atoms with Gasteiger partial charge in [0.1, 0.15) is 5.58 Å². The molecule has 1 aromatic heterocycles. The fourth-order valence-electron chi connectivity index (χ4n) is 2.58. The molecule has 1 fully saturated rings. The number of carboxylic acids is 1.